The van der Waals surface area contributed by atoms with Crippen molar-refractivity contribution < 1.29 is 0 Å². The van der Waals surface area contributed by atoms with Gasteiger partial charge in [-0.05, 0) is 40.4 Å². The molecule has 0 aliphatic carbocycles. The summed E-state index contributed by atoms with van der Waals surface area (Å²) in [4.78, 5) is 0. The fourth-order valence-corrected chi connectivity index (χ4v) is 4.67. The third-order valence-corrected chi connectivity index (χ3v) is 5.48. The van der Waals surface area contributed by atoms with Crippen molar-refractivity contribution in [3.05, 3.63) is 45.6 Å². The second kappa shape index (κ2) is 3.55. The Morgan fingerprint density at radius 2 is 1.35 bits per heavy atom. The molecule has 0 saturated heterocycles. The molecule has 0 atom stereocenters. The van der Waals surface area contributed by atoms with Crippen molar-refractivity contribution in [3.8, 4) is 0 Å². The number of fused-ring (bicyclic) bond motifs is 6. The fraction of sp³-hybridized carbons (Fsp3) is 0. The van der Waals surface area contributed by atoms with Crippen molar-refractivity contribution in [2.45, 2.75) is 0 Å². The van der Waals surface area contributed by atoms with Crippen LogP contribution in [-0.4, -0.2) is 0 Å². The van der Waals surface area contributed by atoms with Crippen LogP contribution in [0.4, 0.5) is 0 Å². The molecular formula is C14H7BrS2. The lowest BCUT2D eigenvalue weighted by molar-refractivity contribution is 1.76. The first kappa shape index (κ1) is 10.1. The molecule has 0 fully saturated rings. The molecule has 0 bridgehead atoms. The van der Waals surface area contributed by atoms with Gasteiger partial charge in [0, 0.05) is 30.0 Å². The van der Waals surface area contributed by atoms with Crippen LogP contribution >= 0.6 is 38.6 Å². The molecule has 0 nitrogen and oxygen atoms in total. The SMILES string of the molecule is Brc1ccc2c(c1)c1ccsc1c1ccsc21. The number of halogens is 1. The van der Waals surface area contributed by atoms with Crippen molar-refractivity contribution in [1.29, 1.82) is 0 Å². The summed E-state index contributed by atoms with van der Waals surface area (Å²) in [5.41, 5.74) is 0. The van der Waals surface area contributed by atoms with Crippen LogP contribution in [0.25, 0.3) is 30.9 Å². The fourth-order valence-electron chi connectivity index (χ4n) is 2.36. The van der Waals surface area contributed by atoms with Crippen LogP contribution in [0.1, 0.15) is 0 Å². The van der Waals surface area contributed by atoms with Crippen LogP contribution in [0, 0.1) is 0 Å². The Morgan fingerprint density at radius 1 is 0.706 bits per heavy atom. The maximum absolute atomic E-state index is 3.57. The maximum Gasteiger partial charge on any atom is 0.0436 e. The first-order valence-corrected chi connectivity index (χ1v) is 7.85. The zero-order valence-electron chi connectivity index (χ0n) is 8.74. The second-order valence-corrected chi connectivity index (χ2v) is 6.76. The molecule has 0 radical (unpaired) electrons. The highest BCUT2D eigenvalue weighted by molar-refractivity contribution is 9.10. The molecule has 0 saturated carbocycles. The topological polar surface area (TPSA) is 0 Å². The average molecular weight is 319 g/mol. The van der Waals surface area contributed by atoms with Gasteiger partial charge < -0.3 is 0 Å². The normalized spacial score (nSPS) is 11.8. The second-order valence-electron chi connectivity index (χ2n) is 4.02. The van der Waals surface area contributed by atoms with E-state index >= 15 is 0 Å². The number of thiophene rings is 2. The summed E-state index contributed by atoms with van der Waals surface area (Å²) < 4.78 is 3.96. The van der Waals surface area contributed by atoms with Crippen molar-refractivity contribution in [2.75, 3.05) is 0 Å². The van der Waals surface area contributed by atoms with Gasteiger partial charge >= 0.3 is 0 Å². The minimum Gasteiger partial charge on any atom is -0.143 e. The van der Waals surface area contributed by atoms with Gasteiger partial charge in [0.05, 0.1) is 0 Å². The minimum absolute atomic E-state index is 1.15. The van der Waals surface area contributed by atoms with Crippen LogP contribution in [0.5, 0.6) is 0 Å². The summed E-state index contributed by atoms with van der Waals surface area (Å²) >= 11 is 7.23. The van der Waals surface area contributed by atoms with Gasteiger partial charge in [-0.2, -0.15) is 0 Å². The average Bonchev–Trinajstić information content (AvgIpc) is 2.97. The van der Waals surface area contributed by atoms with Crippen molar-refractivity contribution in [2.24, 2.45) is 0 Å². The highest BCUT2D eigenvalue weighted by atomic mass is 79.9. The summed E-state index contributed by atoms with van der Waals surface area (Å²) in [6.07, 6.45) is 0. The summed E-state index contributed by atoms with van der Waals surface area (Å²) in [6, 6.07) is 11.0. The molecule has 3 heteroatoms. The number of hydrogen-bond donors (Lipinski definition) is 0. The molecule has 2 heterocycles. The molecule has 2 aromatic carbocycles. The van der Waals surface area contributed by atoms with Crippen molar-refractivity contribution >= 4 is 69.5 Å². The molecule has 82 valence electrons. The van der Waals surface area contributed by atoms with Crippen LogP contribution < -0.4 is 0 Å². The van der Waals surface area contributed by atoms with Gasteiger partial charge in [-0.15, -0.1) is 22.7 Å². The lowest BCUT2D eigenvalue weighted by atomic mass is 10.0. The monoisotopic (exact) mass is 318 g/mol. The standard InChI is InChI=1S/C14H7BrS2/c15-8-1-2-9-12(7-8)10-3-5-16-14(10)11-4-6-17-13(9)11/h1-7H. The van der Waals surface area contributed by atoms with E-state index in [1.54, 1.807) is 0 Å². The largest absolute Gasteiger partial charge is 0.143 e. The van der Waals surface area contributed by atoms with E-state index in [-0.39, 0.29) is 0 Å². The number of hydrogen-bond acceptors (Lipinski definition) is 2. The molecule has 0 N–H and O–H groups in total. The highest BCUT2D eigenvalue weighted by Gasteiger charge is 2.10. The van der Waals surface area contributed by atoms with E-state index < -0.39 is 0 Å². The van der Waals surface area contributed by atoms with Crippen LogP contribution in [0.3, 0.4) is 0 Å². The van der Waals surface area contributed by atoms with E-state index in [2.05, 4.69) is 57.0 Å². The zero-order chi connectivity index (χ0) is 11.4. The van der Waals surface area contributed by atoms with E-state index in [0.717, 1.165) is 4.47 Å². The molecule has 0 spiro atoms. The van der Waals surface area contributed by atoms with Gasteiger partial charge in [-0.25, -0.2) is 0 Å². The van der Waals surface area contributed by atoms with E-state index in [1.165, 1.54) is 30.9 Å². The van der Waals surface area contributed by atoms with Gasteiger partial charge in [0.1, 0.15) is 0 Å². The van der Waals surface area contributed by atoms with E-state index in [1.807, 2.05) is 22.7 Å². The maximum atomic E-state index is 3.57. The number of rotatable bonds is 0. The molecule has 0 aliphatic rings. The van der Waals surface area contributed by atoms with E-state index in [4.69, 9.17) is 0 Å². The van der Waals surface area contributed by atoms with Gasteiger partial charge in [0.2, 0.25) is 0 Å². The molecule has 0 aliphatic heterocycles. The van der Waals surface area contributed by atoms with Crippen molar-refractivity contribution in [3.63, 3.8) is 0 Å². The van der Waals surface area contributed by atoms with E-state index in [0.29, 0.717) is 0 Å². The van der Waals surface area contributed by atoms with Crippen LogP contribution in [0.2, 0.25) is 0 Å². The van der Waals surface area contributed by atoms with Crippen LogP contribution in [0.15, 0.2) is 45.6 Å². The van der Waals surface area contributed by atoms with Gasteiger partial charge in [-0.1, -0.05) is 22.0 Å². The first-order valence-electron chi connectivity index (χ1n) is 5.30. The number of benzene rings is 2. The minimum atomic E-state index is 1.15. The van der Waals surface area contributed by atoms with Crippen molar-refractivity contribution in [1.82, 2.24) is 0 Å². The molecule has 0 unspecified atom stereocenters. The summed E-state index contributed by atoms with van der Waals surface area (Å²) in [7, 11) is 0. The Bertz CT molecular complexity index is 854. The van der Waals surface area contributed by atoms with Gasteiger partial charge in [-0.3, -0.25) is 0 Å². The Hall–Kier alpha value is -0.900. The quantitative estimate of drug-likeness (QED) is 0.371. The third-order valence-electron chi connectivity index (χ3n) is 3.09. The molecular weight excluding hydrogens is 312 g/mol. The van der Waals surface area contributed by atoms with E-state index in [9.17, 15) is 0 Å². The van der Waals surface area contributed by atoms with Gasteiger partial charge in [0.25, 0.3) is 0 Å². The van der Waals surface area contributed by atoms with Gasteiger partial charge in [0.15, 0.2) is 0 Å². The summed E-state index contributed by atoms with van der Waals surface area (Å²) in [5.74, 6) is 0. The smallest absolute Gasteiger partial charge is 0.0436 e. The molecule has 0 amide bonds. The molecule has 4 rings (SSSR count). The Balaban J connectivity index is 2.45. The highest BCUT2D eigenvalue weighted by Crippen LogP contribution is 2.40. The predicted molar refractivity (Wildman–Crippen MR) is 82.4 cm³/mol. The zero-order valence-corrected chi connectivity index (χ0v) is 12.0. The van der Waals surface area contributed by atoms with Crippen LogP contribution in [-0.2, 0) is 0 Å². The molecule has 4 aromatic rings. The Labute approximate surface area is 115 Å². The Morgan fingerprint density at radius 3 is 2.12 bits per heavy atom. The lowest BCUT2D eigenvalue weighted by Gasteiger charge is -2.03. The predicted octanol–water partition coefficient (Wildman–Crippen LogP) is 6.03. The Kier molecular flexibility index (Phi) is 2.10. The molecule has 17 heavy (non-hydrogen) atoms. The summed E-state index contributed by atoms with van der Waals surface area (Å²) in [6.45, 7) is 0. The first-order chi connectivity index (χ1) is 8.34. The third kappa shape index (κ3) is 1.33. The summed E-state index contributed by atoms with van der Waals surface area (Å²) in [5, 5.41) is 9.86. The lowest BCUT2D eigenvalue weighted by Crippen LogP contribution is -1.75. The molecule has 2 aromatic heterocycles.